The van der Waals surface area contributed by atoms with Crippen molar-refractivity contribution in [3.05, 3.63) is 0 Å². The highest BCUT2D eigenvalue weighted by molar-refractivity contribution is 14.0. The molecule has 0 aliphatic carbocycles. The predicted molar refractivity (Wildman–Crippen MR) is 93.9 cm³/mol. The number of amides is 1. The Hall–Kier alpha value is -0.570. The lowest BCUT2D eigenvalue weighted by atomic mass is 9.98. The number of hydrogen-bond donors (Lipinski definition) is 2. The molecular weight excluding hydrogens is 383 g/mol. The molecule has 2 rings (SSSR count). The Labute approximate surface area is 143 Å². The molecular formula is C14H27IN4O2. The van der Waals surface area contributed by atoms with Crippen molar-refractivity contribution < 1.29 is 9.53 Å². The van der Waals surface area contributed by atoms with Crippen molar-refractivity contribution in [1.82, 2.24) is 10.2 Å². The van der Waals surface area contributed by atoms with Crippen LogP contribution in [0.15, 0.2) is 4.99 Å². The number of ether oxygens (including phenoxy) is 1. The van der Waals surface area contributed by atoms with E-state index in [1.807, 2.05) is 4.90 Å². The zero-order chi connectivity index (χ0) is 14.4. The Bertz CT molecular complexity index is 359. The van der Waals surface area contributed by atoms with Crippen LogP contribution in [0.25, 0.3) is 0 Å². The first-order valence-corrected chi connectivity index (χ1v) is 7.56. The highest BCUT2D eigenvalue weighted by Gasteiger charge is 2.21. The molecule has 122 valence electrons. The van der Waals surface area contributed by atoms with E-state index in [2.05, 4.69) is 10.3 Å². The number of piperidine rings is 1. The van der Waals surface area contributed by atoms with Gasteiger partial charge in [0, 0.05) is 39.7 Å². The van der Waals surface area contributed by atoms with E-state index < -0.39 is 0 Å². The van der Waals surface area contributed by atoms with Crippen LogP contribution in [0.5, 0.6) is 0 Å². The van der Waals surface area contributed by atoms with Crippen LogP contribution in [0, 0.1) is 5.92 Å². The Morgan fingerprint density at radius 2 is 2.24 bits per heavy atom. The fourth-order valence-corrected chi connectivity index (χ4v) is 2.81. The molecule has 0 saturated carbocycles. The molecule has 2 unspecified atom stereocenters. The van der Waals surface area contributed by atoms with E-state index in [-0.39, 0.29) is 36.0 Å². The van der Waals surface area contributed by atoms with Gasteiger partial charge in [0.2, 0.25) is 5.91 Å². The van der Waals surface area contributed by atoms with E-state index in [1.165, 1.54) is 0 Å². The number of aliphatic imine (C=N–C) groups is 1. The zero-order valence-corrected chi connectivity index (χ0v) is 15.0. The average molecular weight is 410 g/mol. The molecule has 0 radical (unpaired) electrons. The summed E-state index contributed by atoms with van der Waals surface area (Å²) >= 11 is 0. The van der Waals surface area contributed by atoms with Crippen molar-refractivity contribution in [2.24, 2.45) is 16.6 Å². The van der Waals surface area contributed by atoms with Gasteiger partial charge in [0.25, 0.3) is 0 Å². The van der Waals surface area contributed by atoms with Crippen molar-refractivity contribution >= 4 is 35.8 Å². The van der Waals surface area contributed by atoms with Gasteiger partial charge in [0.15, 0.2) is 5.96 Å². The third-order valence-electron chi connectivity index (χ3n) is 4.02. The van der Waals surface area contributed by atoms with Gasteiger partial charge in [-0.2, -0.15) is 0 Å². The number of nitrogens with one attached hydrogen (secondary N) is 1. The van der Waals surface area contributed by atoms with Crippen LogP contribution >= 0.6 is 24.0 Å². The number of rotatable bonds is 4. The summed E-state index contributed by atoms with van der Waals surface area (Å²) in [6.07, 6.45) is 4.67. The second-order valence-corrected chi connectivity index (χ2v) is 5.72. The monoisotopic (exact) mass is 410 g/mol. The number of nitrogens with two attached hydrogens (primary N) is 1. The number of hydrogen-bond acceptors (Lipinski definition) is 3. The first kappa shape index (κ1) is 18.5. The highest BCUT2D eigenvalue weighted by atomic mass is 127. The Morgan fingerprint density at radius 1 is 1.43 bits per heavy atom. The maximum atomic E-state index is 11.4. The van der Waals surface area contributed by atoms with Crippen molar-refractivity contribution in [1.29, 1.82) is 0 Å². The van der Waals surface area contributed by atoms with Gasteiger partial charge in [0.05, 0.1) is 6.10 Å². The third-order valence-corrected chi connectivity index (χ3v) is 4.02. The third kappa shape index (κ3) is 6.37. The molecule has 2 aliphatic rings. The van der Waals surface area contributed by atoms with Gasteiger partial charge < -0.3 is 20.7 Å². The van der Waals surface area contributed by atoms with Gasteiger partial charge in [-0.05, 0) is 31.6 Å². The van der Waals surface area contributed by atoms with Gasteiger partial charge in [-0.3, -0.25) is 9.79 Å². The van der Waals surface area contributed by atoms with E-state index in [1.54, 1.807) is 6.92 Å². The number of likely N-dealkylation sites (tertiary alicyclic amines) is 1. The molecule has 2 heterocycles. The van der Waals surface area contributed by atoms with Crippen LogP contribution in [-0.2, 0) is 9.53 Å². The quantitative estimate of drug-likeness (QED) is 0.411. The second kappa shape index (κ2) is 9.45. The molecule has 6 nitrogen and oxygen atoms in total. The number of guanidine groups is 1. The van der Waals surface area contributed by atoms with Crippen LogP contribution < -0.4 is 11.1 Å². The number of halogens is 1. The number of carbonyl (C=O) groups is 1. The van der Waals surface area contributed by atoms with E-state index in [9.17, 15) is 4.79 Å². The first-order valence-electron chi connectivity index (χ1n) is 7.56. The lowest BCUT2D eigenvalue weighted by Crippen LogP contribution is -2.41. The minimum absolute atomic E-state index is 0. The summed E-state index contributed by atoms with van der Waals surface area (Å²) in [4.78, 5) is 17.7. The molecule has 3 N–H and O–H groups in total. The van der Waals surface area contributed by atoms with E-state index in [0.29, 0.717) is 18.4 Å². The van der Waals surface area contributed by atoms with Gasteiger partial charge in [-0.15, -0.1) is 24.0 Å². The summed E-state index contributed by atoms with van der Waals surface area (Å²) in [6.45, 7) is 5.59. The minimum Gasteiger partial charge on any atom is -0.376 e. The normalized spacial score (nSPS) is 26.3. The minimum atomic E-state index is 0. The molecule has 7 heteroatoms. The van der Waals surface area contributed by atoms with Crippen molar-refractivity contribution in [2.45, 2.75) is 38.7 Å². The molecule has 2 aliphatic heterocycles. The summed E-state index contributed by atoms with van der Waals surface area (Å²) in [5.41, 5.74) is 5.87. The van der Waals surface area contributed by atoms with Crippen molar-refractivity contribution in [3.63, 3.8) is 0 Å². The molecule has 0 bridgehead atoms. The van der Waals surface area contributed by atoms with Crippen LogP contribution in [-0.4, -0.2) is 55.7 Å². The SMILES string of the molecule is CC(=O)N1CCCC(CN=C(N)NCC2CCCO2)C1.I. The molecule has 0 aromatic rings. The molecule has 1 amide bonds. The average Bonchev–Trinajstić information content (AvgIpc) is 2.96. The summed E-state index contributed by atoms with van der Waals surface area (Å²) in [7, 11) is 0. The predicted octanol–water partition coefficient (Wildman–Crippen LogP) is 0.946. The summed E-state index contributed by atoms with van der Waals surface area (Å²) < 4.78 is 5.52. The van der Waals surface area contributed by atoms with Gasteiger partial charge in [-0.1, -0.05) is 0 Å². The Morgan fingerprint density at radius 3 is 2.90 bits per heavy atom. The largest absolute Gasteiger partial charge is 0.376 e. The molecule has 0 aromatic heterocycles. The molecule has 2 saturated heterocycles. The topological polar surface area (TPSA) is 80.0 Å². The molecule has 21 heavy (non-hydrogen) atoms. The lowest BCUT2D eigenvalue weighted by Gasteiger charge is -2.31. The second-order valence-electron chi connectivity index (χ2n) is 5.72. The van der Waals surface area contributed by atoms with E-state index >= 15 is 0 Å². The standard InChI is InChI=1S/C14H26N4O2.HI/c1-11(19)18-6-2-4-12(10-18)8-16-14(15)17-9-13-5-3-7-20-13;/h12-13H,2-10H2,1H3,(H3,15,16,17);1H. The molecule has 2 fully saturated rings. The summed E-state index contributed by atoms with van der Waals surface area (Å²) in [6, 6.07) is 0. The van der Waals surface area contributed by atoms with E-state index in [4.69, 9.17) is 10.5 Å². The number of nitrogens with zero attached hydrogens (tertiary/aromatic N) is 2. The van der Waals surface area contributed by atoms with Gasteiger partial charge >= 0.3 is 0 Å². The fourth-order valence-electron chi connectivity index (χ4n) is 2.81. The van der Waals surface area contributed by atoms with Crippen LogP contribution in [0.1, 0.15) is 32.6 Å². The Kier molecular flexibility index (Phi) is 8.31. The summed E-state index contributed by atoms with van der Waals surface area (Å²) in [5.74, 6) is 1.07. The molecule has 2 atom stereocenters. The fraction of sp³-hybridized carbons (Fsp3) is 0.857. The maximum absolute atomic E-state index is 11.4. The Balaban J connectivity index is 0.00000220. The van der Waals surface area contributed by atoms with Crippen molar-refractivity contribution in [3.8, 4) is 0 Å². The van der Waals surface area contributed by atoms with Gasteiger partial charge in [0.1, 0.15) is 0 Å². The number of carbonyl (C=O) groups excluding carboxylic acids is 1. The molecule has 0 spiro atoms. The van der Waals surface area contributed by atoms with Gasteiger partial charge in [-0.25, -0.2) is 0 Å². The maximum Gasteiger partial charge on any atom is 0.219 e. The summed E-state index contributed by atoms with van der Waals surface area (Å²) in [5, 5.41) is 3.12. The van der Waals surface area contributed by atoms with Crippen LogP contribution in [0.4, 0.5) is 0 Å². The highest BCUT2D eigenvalue weighted by Crippen LogP contribution is 2.16. The van der Waals surface area contributed by atoms with Crippen LogP contribution in [0.3, 0.4) is 0 Å². The molecule has 0 aromatic carbocycles. The first-order chi connectivity index (χ1) is 9.65. The van der Waals surface area contributed by atoms with Crippen molar-refractivity contribution in [2.75, 3.05) is 32.8 Å². The smallest absolute Gasteiger partial charge is 0.219 e. The van der Waals surface area contributed by atoms with Crippen LogP contribution in [0.2, 0.25) is 0 Å². The van der Waals surface area contributed by atoms with E-state index in [0.717, 1.165) is 51.9 Å². The lowest BCUT2D eigenvalue weighted by molar-refractivity contribution is -0.130. The zero-order valence-electron chi connectivity index (χ0n) is 12.7.